The van der Waals surface area contributed by atoms with Crippen LogP contribution >= 0.6 is 11.3 Å². The van der Waals surface area contributed by atoms with E-state index >= 15 is 0 Å². The first-order valence-electron chi connectivity index (χ1n) is 5.60. The van der Waals surface area contributed by atoms with Gasteiger partial charge in [-0.3, -0.25) is 10.1 Å². The van der Waals surface area contributed by atoms with Gasteiger partial charge in [0.15, 0.2) is 5.76 Å². The molecule has 0 bridgehead atoms. The van der Waals surface area contributed by atoms with Crippen molar-refractivity contribution >= 4 is 16.3 Å². The minimum Gasteiger partial charge on any atom is -0.438 e. The van der Waals surface area contributed by atoms with Crippen LogP contribution in [0.2, 0.25) is 0 Å². The lowest BCUT2D eigenvalue weighted by atomic mass is 10.4. The molecular weight excluding hydrogens is 254 g/mol. The van der Waals surface area contributed by atoms with E-state index < -0.39 is 4.92 Å². The van der Waals surface area contributed by atoms with Crippen LogP contribution in [-0.4, -0.2) is 16.5 Å². The molecule has 0 unspecified atom stereocenters. The lowest BCUT2D eigenvalue weighted by Gasteiger charge is -1.97. The van der Waals surface area contributed by atoms with Crippen molar-refractivity contribution in [3.63, 3.8) is 0 Å². The molecular formula is C11H13N3O3S. The lowest BCUT2D eigenvalue weighted by molar-refractivity contribution is -0.380. The SMILES string of the molecule is CCCNCc1ncc(-c2ccc([N+](=O)[O-])s2)o1. The van der Waals surface area contributed by atoms with Gasteiger partial charge >= 0.3 is 5.00 Å². The smallest absolute Gasteiger partial charge is 0.324 e. The van der Waals surface area contributed by atoms with E-state index in [1.165, 1.54) is 6.07 Å². The molecule has 0 amide bonds. The van der Waals surface area contributed by atoms with E-state index in [1.807, 2.05) is 0 Å². The number of oxazole rings is 1. The molecule has 18 heavy (non-hydrogen) atoms. The van der Waals surface area contributed by atoms with Gasteiger partial charge < -0.3 is 9.73 Å². The third-order valence-electron chi connectivity index (χ3n) is 2.27. The van der Waals surface area contributed by atoms with Crippen LogP contribution in [0.5, 0.6) is 0 Å². The Morgan fingerprint density at radius 2 is 2.39 bits per heavy atom. The third kappa shape index (κ3) is 2.93. The van der Waals surface area contributed by atoms with E-state index in [9.17, 15) is 10.1 Å². The number of thiophene rings is 1. The molecule has 6 nitrogen and oxygen atoms in total. The first-order chi connectivity index (χ1) is 8.70. The van der Waals surface area contributed by atoms with E-state index in [0.29, 0.717) is 18.2 Å². The fourth-order valence-electron chi connectivity index (χ4n) is 1.44. The summed E-state index contributed by atoms with van der Waals surface area (Å²) >= 11 is 1.08. The second-order valence-electron chi connectivity index (χ2n) is 3.69. The van der Waals surface area contributed by atoms with Gasteiger partial charge in [0.2, 0.25) is 5.89 Å². The normalized spacial score (nSPS) is 10.7. The Morgan fingerprint density at radius 1 is 1.56 bits per heavy atom. The zero-order valence-corrected chi connectivity index (χ0v) is 10.7. The van der Waals surface area contributed by atoms with Crippen LogP contribution in [0.1, 0.15) is 19.2 Å². The molecule has 2 rings (SSSR count). The van der Waals surface area contributed by atoms with Gasteiger partial charge in [0.25, 0.3) is 0 Å². The molecule has 1 N–H and O–H groups in total. The standard InChI is InChI=1S/C11H13N3O3S/c1-2-5-12-7-10-13-6-8(17-10)9-3-4-11(18-9)14(15)16/h3-4,6,12H,2,5,7H2,1H3. The number of nitro groups is 1. The molecule has 0 spiro atoms. The molecule has 96 valence electrons. The van der Waals surface area contributed by atoms with Gasteiger partial charge in [-0.1, -0.05) is 18.3 Å². The highest BCUT2D eigenvalue weighted by Gasteiger charge is 2.14. The first-order valence-corrected chi connectivity index (χ1v) is 6.42. The van der Waals surface area contributed by atoms with Crippen molar-refractivity contribution in [1.82, 2.24) is 10.3 Å². The van der Waals surface area contributed by atoms with Crippen LogP contribution in [-0.2, 0) is 6.54 Å². The van der Waals surface area contributed by atoms with E-state index in [1.54, 1.807) is 12.3 Å². The predicted molar refractivity (Wildman–Crippen MR) is 68.5 cm³/mol. The molecule has 0 fully saturated rings. The molecule has 0 radical (unpaired) electrons. The molecule has 2 aromatic heterocycles. The number of hydrogen-bond donors (Lipinski definition) is 1. The minimum absolute atomic E-state index is 0.104. The molecule has 2 heterocycles. The van der Waals surface area contributed by atoms with Crippen LogP contribution in [0.25, 0.3) is 10.6 Å². The maximum Gasteiger partial charge on any atom is 0.324 e. The van der Waals surface area contributed by atoms with Crippen LogP contribution in [0.3, 0.4) is 0 Å². The average Bonchev–Trinajstić information content (AvgIpc) is 2.97. The molecule has 0 saturated carbocycles. The summed E-state index contributed by atoms with van der Waals surface area (Å²) in [5, 5.41) is 13.9. The summed E-state index contributed by atoms with van der Waals surface area (Å²) in [6.07, 6.45) is 2.64. The zero-order chi connectivity index (χ0) is 13.0. The monoisotopic (exact) mass is 267 g/mol. The van der Waals surface area contributed by atoms with Gasteiger partial charge in [-0.05, 0) is 19.0 Å². The minimum atomic E-state index is -0.408. The van der Waals surface area contributed by atoms with E-state index in [2.05, 4.69) is 17.2 Å². The molecule has 0 aliphatic heterocycles. The summed E-state index contributed by atoms with van der Waals surface area (Å²) < 4.78 is 5.52. The Morgan fingerprint density at radius 3 is 3.06 bits per heavy atom. The van der Waals surface area contributed by atoms with Crippen molar-refractivity contribution in [2.24, 2.45) is 0 Å². The lowest BCUT2D eigenvalue weighted by Crippen LogP contribution is -2.13. The molecule has 2 aromatic rings. The number of nitrogens with zero attached hydrogens (tertiary/aromatic N) is 2. The van der Waals surface area contributed by atoms with Gasteiger partial charge in [0.1, 0.15) is 0 Å². The van der Waals surface area contributed by atoms with E-state index in [0.717, 1.165) is 29.2 Å². The Labute approximate surface area is 108 Å². The van der Waals surface area contributed by atoms with Gasteiger partial charge in [-0.2, -0.15) is 0 Å². The highest BCUT2D eigenvalue weighted by atomic mass is 32.1. The molecule has 0 saturated heterocycles. The van der Waals surface area contributed by atoms with E-state index in [4.69, 9.17) is 4.42 Å². The summed E-state index contributed by atoms with van der Waals surface area (Å²) in [6, 6.07) is 3.14. The number of aromatic nitrogens is 1. The first kappa shape index (κ1) is 12.7. The summed E-state index contributed by atoms with van der Waals surface area (Å²) in [5.74, 6) is 1.16. The average molecular weight is 267 g/mol. The molecule has 0 aliphatic rings. The fraction of sp³-hybridized carbons (Fsp3) is 0.364. The maximum absolute atomic E-state index is 10.6. The Kier molecular flexibility index (Phi) is 4.06. The second-order valence-corrected chi connectivity index (χ2v) is 4.75. The van der Waals surface area contributed by atoms with Gasteiger partial charge in [0.05, 0.1) is 22.5 Å². The summed E-state index contributed by atoms with van der Waals surface area (Å²) in [7, 11) is 0. The Bertz CT molecular complexity index is 535. The number of rotatable bonds is 6. The highest BCUT2D eigenvalue weighted by Crippen LogP contribution is 2.32. The predicted octanol–water partition coefficient (Wildman–Crippen LogP) is 2.81. The second kappa shape index (κ2) is 5.74. The summed E-state index contributed by atoms with van der Waals surface area (Å²) in [5.41, 5.74) is 0. The van der Waals surface area contributed by atoms with Crippen molar-refractivity contribution in [2.45, 2.75) is 19.9 Å². The largest absolute Gasteiger partial charge is 0.438 e. The van der Waals surface area contributed by atoms with E-state index in [-0.39, 0.29) is 5.00 Å². The van der Waals surface area contributed by atoms with Crippen molar-refractivity contribution < 1.29 is 9.34 Å². The number of nitrogens with one attached hydrogen (secondary N) is 1. The topological polar surface area (TPSA) is 81.2 Å². The van der Waals surface area contributed by atoms with Crippen LogP contribution in [0, 0.1) is 10.1 Å². The van der Waals surface area contributed by atoms with Crippen LogP contribution < -0.4 is 5.32 Å². The van der Waals surface area contributed by atoms with Crippen molar-refractivity contribution in [1.29, 1.82) is 0 Å². The molecule has 0 aromatic carbocycles. The van der Waals surface area contributed by atoms with Crippen molar-refractivity contribution in [3.8, 4) is 10.6 Å². The van der Waals surface area contributed by atoms with Gasteiger partial charge in [-0.25, -0.2) is 4.98 Å². The summed E-state index contributed by atoms with van der Waals surface area (Å²) in [6.45, 7) is 3.56. The van der Waals surface area contributed by atoms with Gasteiger partial charge in [0, 0.05) is 6.07 Å². The van der Waals surface area contributed by atoms with Gasteiger partial charge in [-0.15, -0.1) is 0 Å². The zero-order valence-electron chi connectivity index (χ0n) is 9.88. The maximum atomic E-state index is 10.6. The number of hydrogen-bond acceptors (Lipinski definition) is 6. The van der Waals surface area contributed by atoms with Crippen molar-refractivity contribution in [2.75, 3.05) is 6.54 Å². The molecule has 0 atom stereocenters. The highest BCUT2D eigenvalue weighted by molar-refractivity contribution is 7.18. The Balaban J connectivity index is 2.06. The van der Waals surface area contributed by atoms with Crippen LogP contribution in [0.15, 0.2) is 22.7 Å². The third-order valence-corrected chi connectivity index (χ3v) is 3.32. The van der Waals surface area contributed by atoms with Crippen molar-refractivity contribution in [3.05, 3.63) is 34.3 Å². The fourth-order valence-corrected chi connectivity index (χ4v) is 2.20. The molecule has 7 heteroatoms. The summed E-state index contributed by atoms with van der Waals surface area (Å²) in [4.78, 5) is 15.0. The quantitative estimate of drug-likeness (QED) is 0.494. The van der Waals surface area contributed by atoms with Crippen LogP contribution in [0.4, 0.5) is 5.00 Å². The molecule has 0 aliphatic carbocycles. The Hall–Kier alpha value is -1.73.